The number of carboxylic acids is 1. The largest absolute Gasteiger partial charge is 0.480 e. The minimum atomic E-state index is -0.620. The van der Waals surface area contributed by atoms with Crippen molar-refractivity contribution in [1.82, 2.24) is 4.90 Å². The van der Waals surface area contributed by atoms with Crippen molar-refractivity contribution in [2.24, 2.45) is 11.8 Å². The third-order valence-corrected chi connectivity index (χ3v) is 3.25. The van der Waals surface area contributed by atoms with Gasteiger partial charge in [0.1, 0.15) is 6.04 Å². The van der Waals surface area contributed by atoms with Crippen molar-refractivity contribution in [1.29, 1.82) is 0 Å². The zero-order chi connectivity index (χ0) is 9.59. The Kier molecular flexibility index (Phi) is 2.06. The third kappa shape index (κ3) is 1.35. The van der Waals surface area contributed by atoms with Crippen LogP contribution in [-0.4, -0.2) is 34.6 Å². The second-order valence-electron chi connectivity index (χ2n) is 4.76. The molecule has 0 aromatic carbocycles. The number of nitrogens with zero attached hydrogens (tertiary/aromatic N) is 1. The summed E-state index contributed by atoms with van der Waals surface area (Å²) in [6.45, 7) is 5.24. The number of hydrogen-bond donors (Lipinski definition) is 1. The van der Waals surface area contributed by atoms with Gasteiger partial charge in [-0.05, 0) is 24.7 Å². The molecule has 2 heterocycles. The molecule has 3 fully saturated rings. The first kappa shape index (κ1) is 9.00. The van der Waals surface area contributed by atoms with E-state index < -0.39 is 5.97 Å². The number of carbonyl (C=O) groups is 1. The van der Waals surface area contributed by atoms with Crippen LogP contribution in [0, 0.1) is 11.8 Å². The molecule has 2 saturated heterocycles. The Morgan fingerprint density at radius 3 is 2.62 bits per heavy atom. The molecule has 3 aliphatic rings. The van der Waals surface area contributed by atoms with Gasteiger partial charge in [0.05, 0.1) is 0 Å². The van der Waals surface area contributed by atoms with Crippen LogP contribution in [0.4, 0.5) is 0 Å². The first-order valence-electron chi connectivity index (χ1n) is 5.08. The van der Waals surface area contributed by atoms with Crippen LogP contribution in [0.25, 0.3) is 0 Å². The van der Waals surface area contributed by atoms with Gasteiger partial charge in [0.15, 0.2) is 0 Å². The molecule has 3 rings (SSSR count). The predicted octanol–water partition coefficient (Wildman–Crippen LogP) is 1.19. The number of fused-ring (bicyclic) bond motifs is 1. The van der Waals surface area contributed by atoms with Gasteiger partial charge in [-0.2, -0.15) is 0 Å². The third-order valence-electron chi connectivity index (χ3n) is 3.25. The monoisotopic (exact) mass is 183 g/mol. The molecule has 74 valence electrons. The Labute approximate surface area is 78.7 Å². The molecule has 13 heavy (non-hydrogen) atoms. The molecule has 2 aliphatic heterocycles. The smallest absolute Gasteiger partial charge is 0.321 e. The van der Waals surface area contributed by atoms with E-state index in [1.165, 1.54) is 0 Å². The highest BCUT2D eigenvalue weighted by atomic mass is 16.4. The number of carboxylic acid groups (broad SMARTS) is 1. The summed E-state index contributed by atoms with van der Waals surface area (Å²) in [6.07, 6.45) is 2.23. The first-order chi connectivity index (χ1) is 6.09. The molecule has 0 aromatic heterocycles. The molecule has 2 bridgehead atoms. The van der Waals surface area contributed by atoms with Crippen molar-refractivity contribution in [2.75, 3.05) is 6.54 Å². The lowest BCUT2D eigenvalue weighted by molar-refractivity contribution is -0.142. The Morgan fingerprint density at radius 1 is 1.54 bits per heavy atom. The van der Waals surface area contributed by atoms with Gasteiger partial charge in [-0.15, -0.1) is 0 Å². The highest BCUT2D eigenvalue weighted by Gasteiger charge is 2.53. The molecule has 1 unspecified atom stereocenters. The maximum Gasteiger partial charge on any atom is 0.321 e. The van der Waals surface area contributed by atoms with Crippen LogP contribution < -0.4 is 0 Å². The van der Waals surface area contributed by atoms with E-state index in [0.717, 1.165) is 19.4 Å². The zero-order valence-corrected chi connectivity index (χ0v) is 8.23. The van der Waals surface area contributed by atoms with E-state index in [1.807, 2.05) is 0 Å². The topological polar surface area (TPSA) is 40.5 Å². The molecule has 1 atom stereocenters. The quantitative estimate of drug-likeness (QED) is 0.714. The van der Waals surface area contributed by atoms with Gasteiger partial charge in [0, 0.05) is 12.6 Å². The van der Waals surface area contributed by atoms with E-state index in [0.29, 0.717) is 17.9 Å². The van der Waals surface area contributed by atoms with Crippen molar-refractivity contribution < 1.29 is 9.90 Å². The lowest BCUT2D eigenvalue weighted by Gasteiger charge is -2.26. The van der Waals surface area contributed by atoms with Gasteiger partial charge in [-0.25, -0.2) is 0 Å². The van der Waals surface area contributed by atoms with E-state index in [4.69, 9.17) is 5.11 Å². The predicted molar refractivity (Wildman–Crippen MR) is 49.5 cm³/mol. The highest BCUT2D eigenvalue weighted by molar-refractivity contribution is 5.75. The molecule has 1 N–H and O–H groups in total. The average molecular weight is 183 g/mol. The van der Waals surface area contributed by atoms with Crippen molar-refractivity contribution >= 4 is 5.97 Å². The molecule has 0 spiro atoms. The van der Waals surface area contributed by atoms with E-state index in [9.17, 15) is 4.79 Å². The van der Waals surface area contributed by atoms with Crippen LogP contribution >= 0.6 is 0 Å². The lowest BCUT2D eigenvalue weighted by atomic mass is 9.83. The van der Waals surface area contributed by atoms with Crippen LogP contribution in [-0.2, 0) is 4.79 Å². The molecule has 0 aromatic rings. The SMILES string of the molecule is CC(C)CN1C2CC(C2)C1C(=O)O. The summed E-state index contributed by atoms with van der Waals surface area (Å²) >= 11 is 0. The molecular weight excluding hydrogens is 166 g/mol. The number of hydrogen-bond acceptors (Lipinski definition) is 2. The van der Waals surface area contributed by atoms with Crippen molar-refractivity contribution in [3.63, 3.8) is 0 Å². The summed E-state index contributed by atoms with van der Waals surface area (Å²) in [7, 11) is 0. The average Bonchev–Trinajstić information content (AvgIpc) is 2.36. The number of aliphatic carboxylic acids is 1. The molecule has 3 heteroatoms. The Morgan fingerprint density at radius 2 is 2.15 bits per heavy atom. The maximum atomic E-state index is 11.0. The molecule has 1 saturated carbocycles. The summed E-state index contributed by atoms with van der Waals surface area (Å²) in [6, 6.07) is 0.404. The number of rotatable bonds is 3. The van der Waals surface area contributed by atoms with Gasteiger partial charge < -0.3 is 5.11 Å². The highest BCUT2D eigenvalue weighted by Crippen LogP contribution is 2.45. The van der Waals surface area contributed by atoms with Crippen LogP contribution in [0.3, 0.4) is 0 Å². The van der Waals surface area contributed by atoms with Crippen LogP contribution in [0.5, 0.6) is 0 Å². The molecule has 3 nitrogen and oxygen atoms in total. The Balaban J connectivity index is 2.04. The summed E-state index contributed by atoms with van der Waals surface area (Å²) in [5, 5.41) is 9.05. The van der Waals surface area contributed by atoms with Crippen LogP contribution in [0.2, 0.25) is 0 Å². The van der Waals surface area contributed by atoms with Crippen LogP contribution in [0.15, 0.2) is 0 Å². The second-order valence-corrected chi connectivity index (χ2v) is 4.76. The Hall–Kier alpha value is -0.570. The van der Waals surface area contributed by atoms with E-state index >= 15 is 0 Å². The normalized spacial score (nSPS) is 37.9. The zero-order valence-electron chi connectivity index (χ0n) is 8.23. The fourth-order valence-electron chi connectivity index (χ4n) is 2.68. The van der Waals surface area contributed by atoms with Gasteiger partial charge in [0.2, 0.25) is 0 Å². The van der Waals surface area contributed by atoms with Gasteiger partial charge in [-0.3, -0.25) is 9.69 Å². The summed E-state index contributed by atoms with van der Waals surface area (Å²) in [5.41, 5.74) is 0. The maximum absolute atomic E-state index is 11.0. The van der Waals surface area contributed by atoms with Crippen molar-refractivity contribution in [3.8, 4) is 0 Å². The standard InChI is InChI=1S/C10H17NO2/c1-6(2)5-11-8-3-7(4-8)9(11)10(12)13/h6-9H,3-5H2,1-2H3,(H,12,13). The minimum Gasteiger partial charge on any atom is -0.480 e. The fraction of sp³-hybridized carbons (Fsp3) is 0.900. The van der Waals surface area contributed by atoms with E-state index in [-0.39, 0.29) is 6.04 Å². The van der Waals surface area contributed by atoms with Crippen molar-refractivity contribution in [3.05, 3.63) is 0 Å². The van der Waals surface area contributed by atoms with Gasteiger partial charge >= 0.3 is 5.97 Å². The summed E-state index contributed by atoms with van der Waals surface area (Å²) in [5.74, 6) is 0.396. The van der Waals surface area contributed by atoms with E-state index in [1.54, 1.807) is 0 Å². The van der Waals surface area contributed by atoms with E-state index in [2.05, 4.69) is 18.7 Å². The lowest BCUT2D eigenvalue weighted by Crippen LogP contribution is -2.39. The Bertz CT molecular complexity index is 221. The summed E-state index contributed by atoms with van der Waals surface area (Å²) in [4.78, 5) is 13.2. The van der Waals surface area contributed by atoms with Crippen molar-refractivity contribution in [2.45, 2.75) is 38.8 Å². The second kappa shape index (κ2) is 2.98. The molecule has 1 aliphatic carbocycles. The van der Waals surface area contributed by atoms with Crippen LogP contribution in [0.1, 0.15) is 26.7 Å². The van der Waals surface area contributed by atoms with Gasteiger partial charge in [0.25, 0.3) is 0 Å². The van der Waals surface area contributed by atoms with Gasteiger partial charge in [-0.1, -0.05) is 13.8 Å². The molecular formula is C10H17NO2. The first-order valence-corrected chi connectivity index (χ1v) is 5.08. The summed E-state index contributed by atoms with van der Waals surface area (Å²) < 4.78 is 0. The molecule has 0 radical (unpaired) electrons. The minimum absolute atomic E-state index is 0.174. The fourth-order valence-corrected chi connectivity index (χ4v) is 2.68. The molecule has 0 amide bonds.